The van der Waals surface area contributed by atoms with Gasteiger partial charge in [0.05, 0.1) is 4.90 Å². The van der Waals surface area contributed by atoms with Crippen LogP contribution in [-0.4, -0.2) is 33.4 Å². The third-order valence-corrected chi connectivity index (χ3v) is 4.95. The Morgan fingerprint density at radius 1 is 1.35 bits per heavy atom. The van der Waals surface area contributed by atoms with Crippen LogP contribution >= 0.6 is 0 Å². The van der Waals surface area contributed by atoms with Crippen molar-refractivity contribution in [2.75, 3.05) is 19.3 Å². The Labute approximate surface area is 121 Å². The first kappa shape index (κ1) is 15.3. The molecule has 0 bridgehead atoms. The molecule has 1 aliphatic carbocycles. The maximum atomic E-state index is 11.6. The van der Waals surface area contributed by atoms with Gasteiger partial charge in [-0.3, -0.25) is 0 Å². The van der Waals surface area contributed by atoms with Gasteiger partial charge in [0.2, 0.25) is 0 Å². The highest BCUT2D eigenvalue weighted by atomic mass is 32.2. The molecule has 0 heterocycles. The largest absolute Gasteiger partial charge is 0.487 e. The fourth-order valence-corrected chi connectivity index (χ4v) is 3.14. The van der Waals surface area contributed by atoms with Crippen LogP contribution in [0.3, 0.4) is 0 Å². The molecule has 112 valence electrons. The average molecular weight is 297 g/mol. The van der Waals surface area contributed by atoms with Gasteiger partial charge in [-0.15, -0.1) is 0 Å². The molecule has 1 aromatic rings. The molecule has 1 aromatic carbocycles. The molecule has 1 fully saturated rings. The summed E-state index contributed by atoms with van der Waals surface area (Å²) in [5, 5.41) is 3.32. The van der Waals surface area contributed by atoms with Crippen LogP contribution in [0.15, 0.2) is 29.2 Å². The minimum Gasteiger partial charge on any atom is -0.487 e. The molecule has 2 rings (SSSR count). The number of hydrogen-bond donors (Lipinski definition) is 1. The third-order valence-electron chi connectivity index (χ3n) is 3.84. The predicted molar refractivity (Wildman–Crippen MR) is 79.9 cm³/mol. The van der Waals surface area contributed by atoms with E-state index in [0.717, 1.165) is 32.4 Å². The molecular weight excluding hydrogens is 274 g/mol. The molecule has 0 radical (unpaired) electrons. The standard InChI is InChI=1S/C15H23NO3S/c1-3-16-11-10-15(8-5-9-15)19-13-6-4-7-14(12-13)20(2,17)18/h4,6-7,12,16H,3,5,8-11H2,1-2H3. The minimum atomic E-state index is -3.18. The van der Waals surface area contributed by atoms with Crippen LogP contribution in [-0.2, 0) is 9.84 Å². The number of sulfone groups is 1. The van der Waals surface area contributed by atoms with Crippen molar-refractivity contribution in [2.45, 2.75) is 43.1 Å². The highest BCUT2D eigenvalue weighted by molar-refractivity contribution is 7.90. The van der Waals surface area contributed by atoms with Crippen molar-refractivity contribution in [1.29, 1.82) is 0 Å². The molecular formula is C15H23NO3S. The van der Waals surface area contributed by atoms with Gasteiger partial charge in [0.15, 0.2) is 9.84 Å². The molecule has 0 spiro atoms. The van der Waals surface area contributed by atoms with Crippen molar-refractivity contribution in [3.63, 3.8) is 0 Å². The van der Waals surface area contributed by atoms with Crippen molar-refractivity contribution in [3.05, 3.63) is 24.3 Å². The van der Waals surface area contributed by atoms with Crippen LogP contribution in [0.5, 0.6) is 5.75 Å². The van der Waals surface area contributed by atoms with Gasteiger partial charge in [0, 0.05) is 6.26 Å². The molecule has 5 heteroatoms. The molecule has 0 aromatic heterocycles. The third kappa shape index (κ3) is 3.73. The van der Waals surface area contributed by atoms with Crippen molar-refractivity contribution >= 4 is 9.84 Å². The van der Waals surface area contributed by atoms with Crippen LogP contribution in [0.2, 0.25) is 0 Å². The van der Waals surface area contributed by atoms with Crippen LogP contribution in [0, 0.1) is 0 Å². The Morgan fingerprint density at radius 2 is 2.10 bits per heavy atom. The number of rotatable bonds is 7. The van der Waals surface area contributed by atoms with Crippen LogP contribution in [0.4, 0.5) is 0 Å². The zero-order valence-corrected chi connectivity index (χ0v) is 13.0. The summed E-state index contributed by atoms with van der Waals surface area (Å²) in [5.41, 5.74) is -0.113. The Kier molecular flexibility index (Phi) is 4.70. The second-order valence-corrected chi connectivity index (χ2v) is 7.50. The van der Waals surface area contributed by atoms with E-state index in [1.165, 1.54) is 12.7 Å². The molecule has 0 atom stereocenters. The Hall–Kier alpha value is -1.07. The van der Waals surface area contributed by atoms with Crippen molar-refractivity contribution < 1.29 is 13.2 Å². The molecule has 20 heavy (non-hydrogen) atoms. The molecule has 0 amide bonds. The summed E-state index contributed by atoms with van der Waals surface area (Å²) in [6.07, 6.45) is 5.45. The quantitative estimate of drug-likeness (QED) is 0.785. The second kappa shape index (κ2) is 6.14. The lowest BCUT2D eigenvalue weighted by molar-refractivity contribution is -0.0143. The maximum absolute atomic E-state index is 11.6. The maximum Gasteiger partial charge on any atom is 0.175 e. The first-order chi connectivity index (χ1) is 9.45. The fourth-order valence-electron chi connectivity index (χ4n) is 2.49. The van der Waals surface area contributed by atoms with E-state index in [9.17, 15) is 8.42 Å². The number of benzene rings is 1. The summed E-state index contributed by atoms with van der Waals surface area (Å²) in [5.74, 6) is 0.657. The first-order valence-electron chi connectivity index (χ1n) is 7.15. The highest BCUT2D eigenvalue weighted by Gasteiger charge is 2.38. The van der Waals surface area contributed by atoms with E-state index in [2.05, 4.69) is 12.2 Å². The van der Waals surface area contributed by atoms with E-state index in [-0.39, 0.29) is 5.60 Å². The molecule has 4 nitrogen and oxygen atoms in total. The van der Waals surface area contributed by atoms with Gasteiger partial charge >= 0.3 is 0 Å². The molecule has 0 saturated heterocycles. The average Bonchev–Trinajstić information content (AvgIpc) is 2.35. The molecule has 0 unspecified atom stereocenters. The summed E-state index contributed by atoms with van der Waals surface area (Å²) in [6, 6.07) is 6.81. The zero-order chi connectivity index (χ0) is 14.6. The van der Waals surface area contributed by atoms with Gasteiger partial charge in [-0.1, -0.05) is 13.0 Å². The highest BCUT2D eigenvalue weighted by Crippen LogP contribution is 2.39. The van der Waals surface area contributed by atoms with Crippen LogP contribution in [0.25, 0.3) is 0 Å². The Bertz CT molecular complexity index is 550. The normalized spacial score (nSPS) is 17.5. The van der Waals surface area contributed by atoms with Gasteiger partial charge in [-0.2, -0.15) is 0 Å². The SMILES string of the molecule is CCNCCC1(Oc2cccc(S(C)(=O)=O)c2)CCC1. The summed E-state index contributed by atoms with van der Waals surface area (Å²) in [4.78, 5) is 0.316. The van der Waals surface area contributed by atoms with E-state index >= 15 is 0 Å². The van der Waals surface area contributed by atoms with E-state index in [0.29, 0.717) is 10.6 Å². The summed E-state index contributed by atoms with van der Waals surface area (Å²) in [6.45, 7) is 3.98. The van der Waals surface area contributed by atoms with E-state index < -0.39 is 9.84 Å². The monoisotopic (exact) mass is 297 g/mol. The lowest BCUT2D eigenvalue weighted by atomic mass is 9.77. The van der Waals surface area contributed by atoms with Crippen molar-refractivity contribution in [1.82, 2.24) is 5.32 Å². The fraction of sp³-hybridized carbons (Fsp3) is 0.600. The topological polar surface area (TPSA) is 55.4 Å². The van der Waals surface area contributed by atoms with Crippen LogP contribution in [0.1, 0.15) is 32.6 Å². The summed E-state index contributed by atoms with van der Waals surface area (Å²) >= 11 is 0. The van der Waals surface area contributed by atoms with Crippen LogP contribution < -0.4 is 10.1 Å². The smallest absolute Gasteiger partial charge is 0.175 e. The molecule has 1 saturated carbocycles. The van der Waals surface area contributed by atoms with Gasteiger partial charge < -0.3 is 10.1 Å². The van der Waals surface area contributed by atoms with Gasteiger partial charge in [0.1, 0.15) is 11.4 Å². The van der Waals surface area contributed by atoms with Crippen molar-refractivity contribution in [3.8, 4) is 5.75 Å². The van der Waals surface area contributed by atoms with E-state index in [1.54, 1.807) is 18.2 Å². The van der Waals surface area contributed by atoms with E-state index in [4.69, 9.17) is 4.74 Å². The Balaban J connectivity index is 2.08. The van der Waals surface area contributed by atoms with Gasteiger partial charge in [0.25, 0.3) is 0 Å². The second-order valence-electron chi connectivity index (χ2n) is 5.49. The zero-order valence-electron chi connectivity index (χ0n) is 12.2. The predicted octanol–water partition coefficient (Wildman–Crippen LogP) is 2.39. The van der Waals surface area contributed by atoms with Gasteiger partial charge in [-0.25, -0.2) is 8.42 Å². The number of ether oxygens (including phenoxy) is 1. The lowest BCUT2D eigenvalue weighted by Gasteiger charge is -2.42. The van der Waals surface area contributed by atoms with Crippen molar-refractivity contribution in [2.24, 2.45) is 0 Å². The van der Waals surface area contributed by atoms with Gasteiger partial charge in [-0.05, 0) is 57.0 Å². The first-order valence-corrected chi connectivity index (χ1v) is 9.04. The molecule has 0 aliphatic heterocycles. The minimum absolute atomic E-state index is 0.113. The molecule has 1 N–H and O–H groups in total. The molecule has 1 aliphatic rings. The summed E-state index contributed by atoms with van der Waals surface area (Å²) in [7, 11) is -3.18. The van der Waals surface area contributed by atoms with E-state index in [1.807, 2.05) is 6.07 Å². The number of hydrogen-bond acceptors (Lipinski definition) is 4. The number of nitrogens with one attached hydrogen (secondary N) is 1. The summed E-state index contributed by atoms with van der Waals surface area (Å²) < 4.78 is 29.3. The lowest BCUT2D eigenvalue weighted by Crippen LogP contribution is -2.45. The Morgan fingerprint density at radius 3 is 2.65 bits per heavy atom.